The summed E-state index contributed by atoms with van der Waals surface area (Å²) in [6, 6.07) is 6.09. The van der Waals surface area contributed by atoms with Crippen LogP contribution in [-0.4, -0.2) is 29.3 Å². The number of nitrogens with zero attached hydrogens (tertiary/aromatic N) is 3. The topological polar surface area (TPSA) is 56.5 Å². The molecule has 0 aliphatic carbocycles. The molecule has 2 heterocycles. The van der Waals surface area contributed by atoms with E-state index in [9.17, 15) is 9.59 Å². The van der Waals surface area contributed by atoms with Gasteiger partial charge in [-0.1, -0.05) is 11.6 Å². The first-order chi connectivity index (χ1) is 11.4. The van der Waals surface area contributed by atoms with Gasteiger partial charge in [0.25, 0.3) is 5.56 Å². The molecule has 1 aromatic carbocycles. The van der Waals surface area contributed by atoms with Gasteiger partial charge in [-0.3, -0.25) is 9.36 Å². The molecule has 3 rings (SSSR count). The van der Waals surface area contributed by atoms with Gasteiger partial charge >= 0.3 is 5.69 Å². The Morgan fingerprint density at radius 1 is 1.25 bits per heavy atom. The Morgan fingerprint density at radius 3 is 2.75 bits per heavy atom. The molecule has 0 bridgehead atoms. The van der Waals surface area contributed by atoms with Gasteiger partial charge in [0.2, 0.25) is 0 Å². The van der Waals surface area contributed by atoms with Gasteiger partial charge in [-0.15, -0.1) is 0 Å². The Morgan fingerprint density at radius 2 is 2.00 bits per heavy atom. The highest BCUT2D eigenvalue weighted by atomic mass is 16.5. The Kier molecular flexibility index (Phi) is 4.05. The molecule has 1 aliphatic heterocycles. The third-order valence-electron chi connectivity index (χ3n) is 4.30. The van der Waals surface area contributed by atoms with Crippen LogP contribution in [0.15, 0.2) is 40.1 Å². The standard InChI is InChI=1S/C18H21N3O3/c1-12-5-6-16-14(9-12)13(7-8-24-16)10-19(2)15-11-20(3)18(23)21(4)17(15)22/h5-7,9,11H,8,10H2,1-4H3. The highest BCUT2D eigenvalue weighted by Crippen LogP contribution is 2.31. The van der Waals surface area contributed by atoms with E-state index in [-0.39, 0.29) is 11.2 Å². The maximum absolute atomic E-state index is 12.4. The molecule has 0 N–H and O–H groups in total. The minimum Gasteiger partial charge on any atom is -0.489 e. The Balaban J connectivity index is 1.96. The van der Waals surface area contributed by atoms with Gasteiger partial charge < -0.3 is 14.2 Å². The maximum atomic E-state index is 12.4. The van der Waals surface area contributed by atoms with E-state index in [1.165, 1.54) is 11.6 Å². The Hall–Kier alpha value is -2.76. The van der Waals surface area contributed by atoms with Gasteiger partial charge in [-0.2, -0.15) is 0 Å². The van der Waals surface area contributed by atoms with Gasteiger partial charge in [0.15, 0.2) is 0 Å². The summed E-state index contributed by atoms with van der Waals surface area (Å²) in [5, 5.41) is 0. The second kappa shape index (κ2) is 6.03. The molecule has 0 saturated carbocycles. The zero-order valence-corrected chi connectivity index (χ0v) is 14.4. The lowest BCUT2D eigenvalue weighted by Gasteiger charge is -2.25. The molecule has 24 heavy (non-hydrogen) atoms. The molecule has 6 heteroatoms. The average Bonchev–Trinajstić information content (AvgIpc) is 2.56. The van der Waals surface area contributed by atoms with Crippen molar-refractivity contribution in [3.05, 3.63) is 62.4 Å². The molecule has 0 radical (unpaired) electrons. The van der Waals surface area contributed by atoms with E-state index < -0.39 is 0 Å². The monoisotopic (exact) mass is 327 g/mol. The Bertz CT molecular complexity index is 938. The molecule has 126 valence electrons. The number of aromatic nitrogens is 2. The molecule has 0 atom stereocenters. The van der Waals surface area contributed by atoms with Crippen molar-refractivity contribution >= 4 is 11.3 Å². The number of aryl methyl sites for hydroxylation is 2. The van der Waals surface area contributed by atoms with Crippen LogP contribution in [0.3, 0.4) is 0 Å². The fraction of sp³-hybridized carbons (Fsp3) is 0.333. The SMILES string of the molecule is Cc1ccc2c(c1)C(CN(C)c1cn(C)c(=O)n(C)c1=O)=CCO2. The number of benzene rings is 1. The number of fused-ring (bicyclic) bond motifs is 1. The Labute approximate surface area is 140 Å². The highest BCUT2D eigenvalue weighted by molar-refractivity contribution is 5.75. The average molecular weight is 327 g/mol. The molecule has 1 aromatic heterocycles. The summed E-state index contributed by atoms with van der Waals surface area (Å²) in [5.74, 6) is 0.861. The van der Waals surface area contributed by atoms with Crippen molar-refractivity contribution in [3.8, 4) is 5.75 Å². The van der Waals surface area contributed by atoms with Crippen molar-refractivity contribution in [2.24, 2.45) is 14.1 Å². The van der Waals surface area contributed by atoms with Crippen molar-refractivity contribution in [1.29, 1.82) is 0 Å². The molecule has 2 aromatic rings. The van der Waals surface area contributed by atoms with Gasteiger partial charge in [-0.25, -0.2) is 4.79 Å². The summed E-state index contributed by atoms with van der Waals surface area (Å²) in [7, 11) is 4.99. The molecule has 6 nitrogen and oxygen atoms in total. The quantitative estimate of drug-likeness (QED) is 0.853. The van der Waals surface area contributed by atoms with E-state index in [1.807, 2.05) is 37.1 Å². The number of anilines is 1. The predicted molar refractivity (Wildman–Crippen MR) is 94.8 cm³/mol. The number of likely N-dealkylation sites (N-methyl/N-ethyl adjacent to an activating group) is 1. The number of ether oxygens (including phenoxy) is 1. The molecule has 0 saturated heterocycles. The van der Waals surface area contributed by atoms with Crippen LogP contribution in [0.25, 0.3) is 5.57 Å². The van der Waals surface area contributed by atoms with Crippen LogP contribution in [0.1, 0.15) is 11.1 Å². The third kappa shape index (κ3) is 2.75. The largest absolute Gasteiger partial charge is 0.489 e. The fourth-order valence-corrected chi connectivity index (χ4v) is 2.90. The summed E-state index contributed by atoms with van der Waals surface area (Å²) < 4.78 is 8.22. The second-order valence-electron chi connectivity index (χ2n) is 6.17. The number of hydrogen-bond acceptors (Lipinski definition) is 4. The van der Waals surface area contributed by atoms with E-state index in [0.29, 0.717) is 18.8 Å². The van der Waals surface area contributed by atoms with Gasteiger partial charge in [-0.05, 0) is 30.7 Å². The van der Waals surface area contributed by atoms with Crippen LogP contribution < -0.4 is 20.9 Å². The van der Waals surface area contributed by atoms with Gasteiger partial charge in [0, 0.05) is 39.4 Å². The number of rotatable bonds is 3. The zero-order valence-electron chi connectivity index (χ0n) is 14.4. The maximum Gasteiger partial charge on any atom is 0.330 e. The third-order valence-corrected chi connectivity index (χ3v) is 4.30. The first-order valence-corrected chi connectivity index (χ1v) is 7.79. The van der Waals surface area contributed by atoms with Crippen LogP contribution in [0.2, 0.25) is 0 Å². The lowest BCUT2D eigenvalue weighted by molar-refractivity contribution is 0.357. The van der Waals surface area contributed by atoms with E-state index >= 15 is 0 Å². The zero-order chi connectivity index (χ0) is 17.4. The fourth-order valence-electron chi connectivity index (χ4n) is 2.90. The van der Waals surface area contributed by atoms with Gasteiger partial charge in [0.1, 0.15) is 18.0 Å². The van der Waals surface area contributed by atoms with Crippen molar-refractivity contribution in [2.75, 3.05) is 25.1 Å². The van der Waals surface area contributed by atoms with Crippen LogP contribution in [0.4, 0.5) is 5.69 Å². The summed E-state index contributed by atoms with van der Waals surface area (Å²) in [4.78, 5) is 26.1. The van der Waals surface area contributed by atoms with E-state index in [1.54, 1.807) is 13.2 Å². The summed E-state index contributed by atoms with van der Waals surface area (Å²) in [6.07, 6.45) is 3.62. The van der Waals surface area contributed by atoms with E-state index in [0.717, 1.165) is 27.0 Å². The van der Waals surface area contributed by atoms with Gasteiger partial charge in [0.05, 0.1) is 0 Å². The molecular weight excluding hydrogens is 306 g/mol. The molecule has 0 amide bonds. The molecule has 1 aliphatic rings. The molecular formula is C18H21N3O3. The van der Waals surface area contributed by atoms with Crippen LogP contribution in [0.5, 0.6) is 5.75 Å². The molecule has 0 spiro atoms. The molecule has 0 fully saturated rings. The van der Waals surface area contributed by atoms with E-state index in [2.05, 4.69) is 6.07 Å². The smallest absolute Gasteiger partial charge is 0.330 e. The lowest BCUT2D eigenvalue weighted by Crippen LogP contribution is -2.40. The number of hydrogen-bond donors (Lipinski definition) is 0. The summed E-state index contributed by atoms with van der Waals surface area (Å²) in [6.45, 7) is 3.12. The van der Waals surface area contributed by atoms with Crippen molar-refractivity contribution in [3.63, 3.8) is 0 Å². The van der Waals surface area contributed by atoms with Crippen LogP contribution >= 0.6 is 0 Å². The molecule has 0 unspecified atom stereocenters. The minimum atomic E-state index is -0.330. The lowest BCUT2D eigenvalue weighted by atomic mass is 10.00. The van der Waals surface area contributed by atoms with Crippen LogP contribution in [0, 0.1) is 6.92 Å². The van der Waals surface area contributed by atoms with Crippen molar-refractivity contribution < 1.29 is 4.74 Å². The highest BCUT2D eigenvalue weighted by Gasteiger charge is 2.18. The summed E-state index contributed by atoms with van der Waals surface area (Å²) >= 11 is 0. The first-order valence-electron chi connectivity index (χ1n) is 7.79. The van der Waals surface area contributed by atoms with Crippen molar-refractivity contribution in [1.82, 2.24) is 9.13 Å². The second-order valence-corrected chi connectivity index (χ2v) is 6.17. The summed E-state index contributed by atoms with van der Waals surface area (Å²) in [5.41, 5.74) is 3.18. The minimum absolute atomic E-state index is 0.294. The normalized spacial score (nSPS) is 13.1. The first kappa shape index (κ1) is 16.1. The predicted octanol–water partition coefficient (Wildman–Crippen LogP) is 1.30. The van der Waals surface area contributed by atoms with Crippen molar-refractivity contribution in [2.45, 2.75) is 6.92 Å². The van der Waals surface area contributed by atoms with Crippen LogP contribution in [-0.2, 0) is 14.1 Å². The van der Waals surface area contributed by atoms with E-state index in [4.69, 9.17) is 4.74 Å².